The Morgan fingerprint density at radius 2 is 1.70 bits per heavy atom. The van der Waals surface area contributed by atoms with E-state index in [1.807, 2.05) is 19.1 Å². The molecule has 0 saturated heterocycles. The van der Waals surface area contributed by atoms with Gasteiger partial charge in [0.1, 0.15) is 11.3 Å². The number of hydrogen-bond donors (Lipinski definition) is 1. The van der Waals surface area contributed by atoms with E-state index in [0.29, 0.717) is 33.5 Å². The number of methoxy groups -OCH3 is 1. The van der Waals surface area contributed by atoms with Gasteiger partial charge < -0.3 is 14.9 Å². The van der Waals surface area contributed by atoms with Crippen LogP contribution in [-0.2, 0) is 10.0 Å². The molecule has 0 atom stereocenters. The van der Waals surface area contributed by atoms with Crippen molar-refractivity contribution >= 4 is 26.7 Å². The van der Waals surface area contributed by atoms with E-state index in [1.165, 1.54) is 12.1 Å². The van der Waals surface area contributed by atoms with Gasteiger partial charge >= 0.3 is 0 Å². The predicted molar refractivity (Wildman–Crippen MR) is 117 cm³/mol. The molecule has 6 nitrogen and oxygen atoms in total. The number of rotatable bonds is 4. The largest absolute Gasteiger partial charge is 0.497 e. The third kappa shape index (κ3) is 3.67. The van der Waals surface area contributed by atoms with Gasteiger partial charge in [0, 0.05) is 5.39 Å². The van der Waals surface area contributed by atoms with Gasteiger partial charge in [-0.05, 0) is 48.9 Å². The lowest BCUT2D eigenvalue weighted by atomic mass is 10.0. The number of fused-ring (bicyclic) bond motifs is 1. The third-order valence-corrected chi connectivity index (χ3v) is 6.02. The summed E-state index contributed by atoms with van der Waals surface area (Å²) in [6.07, 6.45) is 0. The fourth-order valence-corrected chi connectivity index (χ4v) is 4.11. The number of nitrogen functional groups attached to an aromatic ring is 1. The molecule has 0 aliphatic rings. The summed E-state index contributed by atoms with van der Waals surface area (Å²) in [6, 6.07) is 20.8. The Morgan fingerprint density at radius 1 is 0.967 bits per heavy atom. The standard InChI is InChI=1S/C23H20N2O4S/c1-15-10-12-18(13-11-15)30(26,27)25-23-21(16-6-5-7-17(14-16)28-2)22(24)19-8-3-4-9-20(19)29-23/h3-14H,24H2,1-2H3. The number of hydrogen-bond acceptors (Lipinski definition) is 5. The topological polar surface area (TPSA) is 94.9 Å². The van der Waals surface area contributed by atoms with Crippen molar-refractivity contribution in [3.8, 4) is 16.9 Å². The highest BCUT2D eigenvalue weighted by molar-refractivity contribution is 7.90. The fraction of sp³-hybridized carbons (Fsp3) is 0.0870. The van der Waals surface area contributed by atoms with Crippen molar-refractivity contribution < 1.29 is 17.6 Å². The van der Waals surface area contributed by atoms with Gasteiger partial charge in [0.15, 0.2) is 0 Å². The van der Waals surface area contributed by atoms with E-state index >= 15 is 0 Å². The van der Waals surface area contributed by atoms with Crippen molar-refractivity contribution in [3.05, 3.63) is 83.9 Å². The highest BCUT2D eigenvalue weighted by atomic mass is 32.2. The van der Waals surface area contributed by atoms with Gasteiger partial charge in [0.05, 0.1) is 23.3 Å². The number of aryl methyl sites for hydroxylation is 1. The van der Waals surface area contributed by atoms with Crippen molar-refractivity contribution in [2.45, 2.75) is 11.8 Å². The second kappa shape index (κ2) is 7.68. The molecule has 7 heteroatoms. The monoisotopic (exact) mass is 420 g/mol. The zero-order valence-corrected chi connectivity index (χ0v) is 17.3. The third-order valence-electron chi connectivity index (χ3n) is 4.75. The molecule has 3 aromatic carbocycles. The summed E-state index contributed by atoms with van der Waals surface area (Å²) in [6.45, 7) is 1.88. The fourth-order valence-electron chi connectivity index (χ4n) is 3.18. The molecule has 152 valence electrons. The Hall–Kier alpha value is -3.58. The molecule has 1 heterocycles. The van der Waals surface area contributed by atoms with Gasteiger partial charge in [-0.2, -0.15) is 8.42 Å². The molecule has 4 rings (SSSR count). The number of nitrogens with zero attached hydrogens (tertiary/aromatic N) is 1. The smallest absolute Gasteiger partial charge is 0.285 e. The van der Waals surface area contributed by atoms with Crippen molar-refractivity contribution in [3.63, 3.8) is 0 Å². The molecule has 0 fully saturated rings. The number of anilines is 1. The quantitative estimate of drug-likeness (QED) is 0.531. The maximum atomic E-state index is 13.0. The molecule has 0 bridgehead atoms. The van der Waals surface area contributed by atoms with Crippen molar-refractivity contribution in [2.24, 2.45) is 4.40 Å². The molecule has 0 aliphatic carbocycles. The minimum absolute atomic E-state index is 0.0756. The van der Waals surface area contributed by atoms with Gasteiger partial charge in [-0.25, -0.2) is 0 Å². The summed E-state index contributed by atoms with van der Waals surface area (Å²) >= 11 is 0. The molecule has 1 aromatic heterocycles. The Labute approximate surface area is 174 Å². The van der Waals surface area contributed by atoms with Crippen LogP contribution < -0.4 is 16.0 Å². The first-order valence-electron chi connectivity index (χ1n) is 9.22. The van der Waals surface area contributed by atoms with Gasteiger partial charge in [0.25, 0.3) is 10.0 Å². The van der Waals surface area contributed by atoms with E-state index in [4.69, 9.17) is 14.9 Å². The van der Waals surface area contributed by atoms with E-state index in [0.717, 1.165) is 5.56 Å². The maximum absolute atomic E-state index is 13.0. The van der Waals surface area contributed by atoms with Crippen LogP contribution in [0.25, 0.3) is 22.1 Å². The second-order valence-corrected chi connectivity index (χ2v) is 8.41. The van der Waals surface area contributed by atoms with Crippen molar-refractivity contribution in [1.29, 1.82) is 0 Å². The highest BCUT2D eigenvalue weighted by Crippen LogP contribution is 2.31. The summed E-state index contributed by atoms with van der Waals surface area (Å²) in [5, 5.41) is 0.669. The second-order valence-electron chi connectivity index (χ2n) is 6.80. The zero-order chi connectivity index (χ0) is 21.3. The maximum Gasteiger partial charge on any atom is 0.285 e. The molecule has 2 N–H and O–H groups in total. The van der Waals surface area contributed by atoms with Gasteiger partial charge in [-0.15, -0.1) is 4.40 Å². The molecular weight excluding hydrogens is 400 g/mol. The number of nitrogens with two attached hydrogens (primary N) is 1. The lowest BCUT2D eigenvalue weighted by molar-refractivity contribution is 0.415. The lowest BCUT2D eigenvalue weighted by Crippen LogP contribution is -2.13. The first kappa shape index (κ1) is 19.7. The van der Waals surface area contributed by atoms with E-state index < -0.39 is 10.0 Å². The molecule has 0 saturated carbocycles. The normalized spacial score (nSPS) is 12.3. The number of ether oxygens (including phenoxy) is 1. The number of benzene rings is 3. The van der Waals surface area contributed by atoms with Gasteiger partial charge in [-0.1, -0.05) is 42.0 Å². The lowest BCUT2D eigenvalue weighted by Gasteiger charge is -2.11. The Kier molecular flexibility index (Phi) is 5.05. The average molecular weight is 420 g/mol. The summed E-state index contributed by atoms with van der Waals surface area (Å²) in [5.74, 6) is 0.604. The average Bonchev–Trinajstić information content (AvgIpc) is 2.74. The molecule has 30 heavy (non-hydrogen) atoms. The van der Waals surface area contributed by atoms with Crippen LogP contribution in [0.5, 0.6) is 5.75 Å². The van der Waals surface area contributed by atoms with E-state index in [-0.39, 0.29) is 10.4 Å². The Bertz CT molecular complexity index is 1410. The summed E-state index contributed by atoms with van der Waals surface area (Å²) in [7, 11) is -2.46. The van der Waals surface area contributed by atoms with Crippen molar-refractivity contribution in [2.75, 3.05) is 12.8 Å². The van der Waals surface area contributed by atoms with Crippen LogP contribution in [0.1, 0.15) is 5.56 Å². The highest BCUT2D eigenvalue weighted by Gasteiger charge is 2.18. The Balaban J connectivity index is 2.05. The van der Waals surface area contributed by atoms with E-state index in [2.05, 4.69) is 4.40 Å². The van der Waals surface area contributed by atoms with Crippen LogP contribution in [0, 0.1) is 6.92 Å². The van der Waals surface area contributed by atoms with E-state index in [9.17, 15) is 8.42 Å². The van der Waals surface area contributed by atoms with Crippen LogP contribution >= 0.6 is 0 Å². The SMILES string of the molecule is COc1cccc(-c2c(N)c3ccccc3oc2=NS(=O)(=O)c2ccc(C)cc2)c1. The predicted octanol–water partition coefficient (Wildman–Crippen LogP) is 4.29. The van der Waals surface area contributed by atoms with Crippen LogP contribution in [0.15, 0.2) is 86.5 Å². The molecule has 0 amide bonds. The van der Waals surface area contributed by atoms with Gasteiger partial charge in [-0.3, -0.25) is 0 Å². The minimum atomic E-state index is -4.02. The van der Waals surface area contributed by atoms with Crippen LogP contribution in [0.2, 0.25) is 0 Å². The van der Waals surface area contributed by atoms with E-state index in [1.54, 1.807) is 55.6 Å². The molecular formula is C23H20N2O4S. The summed E-state index contributed by atoms with van der Waals surface area (Å²) in [5.41, 5.74) is 9.18. The zero-order valence-electron chi connectivity index (χ0n) is 16.5. The van der Waals surface area contributed by atoms with Crippen LogP contribution in [0.3, 0.4) is 0 Å². The van der Waals surface area contributed by atoms with Crippen LogP contribution in [0.4, 0.5) is 5.69 Å². The molecule has 0 spiro atoms. The van der Waals surface area contributed by atoms with Crippen LogP contribution in [-0.4, -0.2) is 15.5 Å². The molecule has 0 aliphatic heterocycles. The first-order chi connectivity index (χ1) is 14.4. The number of para-hydroxylation sites is 1. The Morgan fingerprint density at radius 3 is 2.43 bits per heavy atom. The first-order valence-corrected chi connectivity index (χ1v) is 10.7. The summed E-state index contributed by atoms with van der Waals surface area (Å²) in [4.78, 5) is 0.0756. The molecule has 0 radical (unpaired) electrons. The molecule has 0 unspecified atom stereocenters. The summed E-state index contributed by atoms with van der Waals surface area (Å²) < 4.78 is 41.2. The van der Waals surface area contributed by atoms with Gasteiger partial charge in [0.2, 0.25) is 5.55 Å². The number of sulfonamides is 1. The minimum Gasteiger partial charge on any atom is -0.497 e. The van der Waals surface area contributed by atoms with Crippen molar-refractivity contribution in [1.82, 2.24) is 0 Å². The molecule has 4 aromatic rings.